The third kappa shape index (κ3) is 15.4. The van der Waals surface area contributed by atoms with Crippen LogP contribution in [-0.2, 0) is 46.5 Å². The van der Waals surface area contributed by atoms with E-state index in [1.54, 1.807) is 26.8 Å². The van der Waals surface area contributed by atoms with Crippen LogP contribution < -0.4 is 9.03 Å². The molecule has 0 radical (unpaired) electrons. The Labute approximate surface area is 391 Å². The van der Waals surface area contributed by atoms with Crippen LogP contribution in [0, 0.1) is 23.3 Å². The van der Waals surface area contributed by atoms with Gasteiger partial charge in [-0.25, -0.2) is 31.9 Å². The summed E-state index contributed by atoms with van der Waals surface area (Å²) in [5, 5.41) is 0.431. The summed E-state index contributed by atoms with van der Waals surface area (Å²) in [5.41, 5.74) is 0.487. The molecule has 2 aliphatic heterocycles. The normalized spacial score (nSPS) is 14.7. The van der Waals surface area contributed by atoms with Gasteiger partial charge in [0.2, 0.25) is 0 Å². The molecule has 0 spiro atoms. The number of halogens is 5. The molecule has 1 N–H and O–H groups in total. The highest BCUT2D eigenvalue weighted by molar-refractivity contribution is 9.08. The molecular weight excluding hydrogens is 979 g/mol. The number of nitrogens with one attached hydrogen (secondary N) is 1. The predicted octanol–water partition coefficient (Wildman–Crippen LogP) is 8.03. The van der Waals surface area contributed by atoms with E-state index >= 15 is 0 Å². The number of rotatable bonds is 11. The first-order chi connectivity index (χ1) is 31.1. The fourth-order valence-electron chi connectivity index (χ4n) is 6.35. The van der Waals surface area contributed by atoms with Crippen molar-refractivity contribution in [2.75, 3.05) is 62.5 Å². The minimum atomic E-state index is -4.00. The first-order valence-corrected chi connectivity index (χ1v) is 24.4. The summed E-state index contributed by atoms with van der Waals surface area (Å²) in [6, 6.07) is 18.4. The Morgan fingerprint density at radius 1 is 0.682 bits per heavy atom. The first kappa shape index (κ1) is 53.3. The Bertz CT molecular complexity index is 2540. The van der Waals surface area contributed by atoms with Gasteiger partial charge in [-0.05, 0) is 99.8 Å². The smallest absolute Gasteiger partial charge is 0.410 e. The van der Waals surface area contributed by atoms with E-state index in [4.69, 9.17) is 4.74 Å². The van der Waals surface area contributed by atoms with Crippen LogP contribution in [0.5, 0.6) is 0 Å². The lowest BCUT2D eigenvalue weighted by Gasteiger charge is -2.34. The quantitative estimate of drug-likeness (QED) is 0.0671. The fourth-order valence-corrected chi connectivity index (χ4v) is 9.68. The van der Waals surface area contributed by atoms with Crippen LogP contribution in [0.1, 0.15) is 71.9 Å². The van der Waals surface area contributed by atoms with Gasteiger partial charge in [-0.3, -0.25) is 9.03 Å². The second-order valence-electron chi connectivity index (χ2n) is 15.7. The van der Waals surface area contributed by atoms with Crippen molar-refractivity contribution in [1.82, 2.24) is 13.5 Å². The Morgan fingerprint density at radius 3 is 1.70 bits per heavy atom. The summed E-state index contributed by atoms with van der Waals surface area (Å²) in [4.78, 5) is 36.0. The van der Waals surface area contributed by atoms with E-state index in [0.717, 1.165) is 41.8 Å². The van der Waals surface area contributed by atoms with Gasteiger partial charge in [-0.1, -0.05) is 46.6 Å². The van der Waals surface area contributed by atoms with Gasteiger partial charge >= 0.3 is 38.5 Å². The summed E-state index contributed by atoms with van der Waals surface area (Å²) >= 11 is 3.13. The molecule has 22 heteroatoms. The van der Waals surface area contributed by atoms with Crippen molar-refractivity contribution in [3.05, 3.63) is 130 Å². The maximum absolute atomic E-state index is 14.6. The molecule has 1 amide bonds. The van der Waals surface area contributed by atoms with Gasteiger partial charge in [-0.15, -0.1) is 0 Å². The second kappa shape index (κ2) is 23.9. The van der Waals surface area contributed by atoms with Crippen molar-refractivity contribution < 1.29 is 63.0 Å². The number of carbonyl (C=O) groups excluding carboxylic acids is 3. The molecule has 360 valence electrons. The number of hydrogen-bond donors (Lipinski definition) is 1. The number of anilines is 2. The van der Waals surface area contributed by atoms with E-state index in [9.17, 15) is 48.8 Å². The predicted molar refractivity (Wildman–Crippen MR) is 243 cm³/mol. The molecule has 4 aromatic carbocycles. The lowest BCUT2D eigenvalue weighted by molar-refractivity contribution is 0.0192. The molecule has 2 saturated heterocycles. The van der Waals surface area contributed by atoms with Gasteiger partial charge < -0.3 is 19.1 Å². The lowest BCUT2D eigenvalue weighted by atomic mass is 10.1. The second-order valence-corrected chi connectivity index (χ2v) is 19.8. The van der Waals surface area contributed by atoms with E-state index in [1.807, 2.05) is 0 Å². The zero-order valence-electron chi connectivity index (χ0n) is 36.9. The molecule has 2 fully saturated rings. The van der Waals surface area contributed by atoms with Crippen molar-refractivity contribution in [2.45, 2.75) is 57.5 Å². The maximum Gasteiger partial charge on any atom is 0.410 e. The molecule has 4 aromatic rings. The summed E-state index contributed by atoms with van der Waals surface area (Å²) in [6.07, 6.45) is 1.95. The molecular formula is C44H52BrF4N5O10S2. The number of hydrogen-bond acceptors (Lipinski definition) is 10. The highest BCUT2D eigenvalue weighted by Crippen LogP contribution is 2.27. The number of carbonyl (C=O) groups is 3. The molecule has 0 bridgehead atoms. The number of amides is 1. The molecule has 0 aromatic heterocycles. The maximum atomic E-state index is 14.6. The Kier molecular flexibility index (Phi) is 19.3. The van der Waals surface area contributed by atoms with E-state index in [2.05, 4.69) is 30.1 Å². The highest BCUT2D eigenvalue weighted by Gasteiger charge is 2.33. The van der Waals surface area contributed by atoms with Crippen LogP contribution in [0.4, 0.5) is 33.7 Å². The van der Waals surface area contributed by atoms with Crippen LogP contribution in [0.3, 0.4) is 0 Å². The Morgan fingerprint density at radius 2 is 1.21 bits per heavy atom. The van der Waals surface area contributed by atoms with Crippen molar-refractivity contribution in [3.63, 3.8) is 0 Å². The van der Waals surface area contributed by atoms with Crippen molar-refractivity contribution in [3.8, 4) is 0 Å². The number of ether oxygens (including phenoxy) is 3. The number of esters is 2. The number of piperazine rings is 1. The van der Waals surface area contributed by atoms with Crippen LogP contribution >= 0.6 is 15.9 Å². The van der Waals surface area contributed by atoms with Gasteiger partial charge in [0.25, 0.3) is 0 Å². The van der Waals surface area contributed by atoms with Crippen LogP contribution in [0.2, 0.25) is 0 Å². The lowest BCUT2D eigenvalue weighted by Crippen LogP contribution is -2.52. The van der Waals surface area contributed by atoms with Gasteiger partial charge in [0.1, 0.15) is 28.9 Å². The van der Waals surface area contributed by atoms with E-state index < -0.39 is 67.3 Å². The van der Waals surface area contributed by atoms with Gasteiger partial charge in [0.05, 0.1) is 43.3 Å². The number of piperidine rings is 1. The zero-order valence-corrected chi connectivity index (χ0v) is 40.2. The monoisotopic (exact) mass is 1030 g/mol. The number of nitrogens with zero attached hydrogens (tertiary/aromatic N) is 4. The van der Waals surface area contributed by atoms with Crippen molar-refractivity contribution in [1.29, 1.82) is 0 Å². The molecule has 0 unspecified atom stereocenters. The third-order valence-corrected chi connectivity index (χ3v) is 13.8. The largest absolute Gasteiger partial charge is 0.465 e. The van der Waals surface area contributed by atoms with E-state index in [0.29, 0.717) is 24.0 Å². The summed E-state index contributed by atoms with van der Waals surface area (Å²) in [6.45, 7) is 6.45. The third-order valence-electron chi connectivity index (χ3n) is 9.72. The van der Waals surface area contributed by atoms with E-state index in [1.165, 1.54) is 88.4 Å². The highest BCUT2D eigenvalue weighted by atomic mass is 79.9. The Hall–Kier alpha value is -5.29. The van der Waals surface area contributed by atoms with Crippen molar-refractivity contribution >= 4 is 65.8 Å². The average Bonchev–Trinajstić information content (AvgIpc) is 3.28. The van der Waals surface area contributed by atoms with Crippen LogP contribution in [-0.4, -0.2) is 107 Å². The molecule has 15 nitrogen and oxygen atoms in total. The van der Waals surface area contributed by atoms with Crippen molar-refractivity contribution in [2.24, 2.45) is 0 Å². The summed E-state index contributed by atoms with van der Waals surface area (Å²) in [5.74, 6) is -3.49. The number of benzene rings is 4. The minimum absolute atomic E-state index is 0.0185. The molecule has 6 rings (SSSR count). The molecule has 2 aliphatic rings. The minimum Gasteiger partial charge on any atom is -0.465 e. The SMILES string of the molecule is CC(C)(C)OC(=O)N1CCN(S(=O)(=O)Nc2cccc(F)c2)CC1.COC(=O)c1ccc(CBr)c(F)c1.COC(=O)c1ccc(CN(c2cccc(F)c2)S(=O)(=O)N2CCCCC2)c(F)c1. The number of alkyl halides is 1. The molecule has 0 atom stereocenters. The standard InChI is InChI=1S/C20H22F2N2O4S.C15H22FN3O4S.C9H8BrFO2/c1-28-20(25)15-8-9-16(19(22)12-15)14-24(18-7-5-6-17(21)13-18)29(26,27)23-10-3-2-4-11-23;1-15(2,3)23-14(20)18-7-9-19(10-8-18)24(21,22)17-13-6-4-5-12(16)11-13;1-13-9(12)6-2-3-7(5-10)8(11)4-6/h5-9,12-13H,2-4,10-11,14H2,1H3;4-6,11,17H,7-10H2,1-3H3;2-4H,5H2,1H3. The average molecular weight is 1030 g/mol. The summed E-state index contributed by atoms with van der Waals surface area (Å²) in [7, 11) is -5.35. The van der Waals surface area contributed by atoms with Gasteiger partial charge in [0, 0.05) is 50.2 Å². The zero-order chi connectivity index (χ0) is 48.8. The molecule has 0 saturated carbocycles. The van der Waals surface area contributed by atoms with Crippen LogP contribution in [0.15, 0.2) is 84.9 Å². The topological polar surface area (TPSA) is 172 Å². The Balaban J connectivity index is 0.000000232. The fraction of sp³-hybridized carbons (Fsp3) is 0.386. The number of methoxy groups -OCH3 is 2. The van der Waals surface area contributed by atoms with E-state index in [-0.39, 0.29) is 60.8 Å². The van der Waals surface area contributed by atoms with Crippen LogP contribution in [0.25, 0.3) is 0 Å². The molecule has 66 heavy (non-hydrogen) atoms. The molecule has 2 heterocycles. The molecule has 0 aliphatic carbocycles. The van der Waals surface area contributed by atoms with Gasteiger partial charge in [-0.2, -0.15) is 25.4 Å². The van der Waals surface area contributed by atoms with Gasteiger partial charge in [0.15, 0.2) is 0 Å². The summed E-state index contributed by atoms with van der Waals surface area (Å²) < 4.78 is 126. The first-order valence-electron chi connectivity index (χ1n) is 20.4.